The molecular weight excluding hydrogens is 430 g/mol. The van der Waals surface area contributed by atoms with E-state index in [1.165, 1.54) is 0 Å². The Kier molecular flexibility index (Phi) is 15.0. The van der Waals surface area contributed by atoms with Crippen molar-refractivity contribution in [2.45, 2.75) is 90.5 Å². The summed E-state index contributed by atoms with van der Waals surface area (Å²) < 4.78 is 15.7. The summed E-state index contributed by atoms with van der Waals surface area (Å²) in [6.07, 6.45) is 6.13. The molecular formula is C24H41NO8. The Labute approximate surface area is 197 Å². The summed E-state index contributed by atoms with van der Waals surface area (Å²) in [6.45, 7) is 9.07. The summed E-state index contributed by atoms with van der Waals surface area (Å²) in [6, 6.07) is 0. The highest BCUT2D eigenvalue weighted by Crippen LogP contribution is 2.40. The molecule has 0 rings (SSSR count). The van der Waals surface area contributed by atoms with Gasteiger partial charge in [0, 0.05) is 0 Å². The first kappa shape index (κ1) is 30.6. The number of rotatable bonds is 19. The zero-order valence-corrected chi connectivity index (χ0v) is 20.4. The van der Waals surface area contributed by atoms with Crippen LogP contribution in [0, 0.1) is 5.41 Å². The molecule has 0 heterocycles. The van der Waals surface area contributed by atoms with E-state index in [0.717, 1.165) is 0 Å². The number of carbonyl (C=O) groups excluding carboxylic acids is 3. The van der Waals surface area contributed by atoms with Crippen molar-refractivity contribution in [3.8, 4) is 0 Å². The van der Waals surface area contributed by atoms with Gasteiger partial charge in [0.25, 0.3) is 0 Å². The minimum absolute atomic E-state index is 0.0490. The quantitative estimate of drug-likeness (QED) is 0.0950. The predicted octanol–water partition coefficient (Wildman–Crippen LogP) is 3.53. The molecule has 0 radical (unpaired) electrons. The van der Waals surface area contributed by atoms with Gasteiger partial charge in [-0.3, -0.25) is 9.59 Å². The van der Waals surface area contributed by atoms with Gasteiger partial charge in [0.1, 0.15) is 0 Å². The van der Waals surface area contributed by atoms with Crippen molar-refractivity contribution in [3.63, 3.8) is 0 Å². The van der Waals surface area contributed by atoms with Gasteiger partial charge in [-0.05, 0) is 38.5 Å². The van der Waals surface area contributed by atoms with Crippen molar-refractivity contribution < 1.29 is 38.5 Å². The van der Waals surface area contributed by atoms with Crippen LogP contribution in [0.15, 0.2) is 12.7 Å². The minimum Gasteiger partial charge on any atom is -0.479 e. The molecule has 190 valence electrons. The number of hydrogen-bond donors (Lipinski definition) is 2. The second-order valence-corrected chi connectivity index (χ2v) is 8.02. The summed E-state index contributed by atoms with van der Waals surface area (Å²) in [5, 5.41) is 10.1. The fourth-order valence-electron chi connectivity index (χ4n) is 3.22. The Morgan fingerprint density at radius 1 is 0.788 bits per heavy atom. The van der Waals surface area contributed by atoms with Crippen LogP contribution in [0.1, 0.15) is 85.0 Å². The number of aliphatic carboxylic acids is 1. The van der Waals surface area contributed by atoms with E-state index in [0.29, 0.717) is 51.4 Å². The number of hydrogen-bond acceptors (Lipinski definition) is 8. The van der Waals surface area contributed by atoms with Crippen molar-refractivity contribution in [1.29, 1.82) is 0 Å². The number of unbranched alkanes of at least 4 members (excludes halogenated alkanes) is 5. The SMILES string of the molecule is C=CCCCCC(C(=O)OCCCC)(C(=O)OCCCC)C(N)(C(=O)O)C(=O)OCCCC. The number of carbonyl (C=O) groups is 4. The molecule has 33 heavy (non-hydrogen) atoms. The Morgan fingerprint density at radius 3 is 1.58 bits per heavy atom. The lowest BCUT2D eigenvalue weighted by molar-refractivity contribution is -0.193. The van der Waals surface area contributed by atoms with Gasteiger partial charge in [0.2, 0.25) is 11.0 Å². The summed E-state index contributed by atoms with van der Waals surface area (Å²) in [5.74, 6) is -5.60. The molecule has 0 saturated heterocycles. The normalized spacial score (nSPS) is 13.0. The number of ether oxygens (including phenoxy) is 3. The van der Waals surface area contributed by atoms with E-state index in [1.807, 2.05) is 20.8 Å². The zero-order chi connectivity index (χ0) is 25.3. The fourth-order valence-corrected chi connectivity index (χ4v) is 3.22. The fraction of sp³-hybridized carbons (Fsp3) is 0.750. The summed E-state index contributed by atoms with van der Waals surface area (Å²) in [7, 11) is 0. The van der Waals surface area contributed by atoms with Crippen LogP contribution in [0.25, 0.3) is 0 Å². The highest BCUT2D eigenvalue weighted by molar-refractivity contribution is 6.17. The third-order valence-corrected chi connectivity index (χ3v) is 5.43. The van der Waals surface area contributed by atoms with Crippen LogP contribution in [0.3, 0.4) is 0 Å². The van der Waals surface area contributed by atoms with Gasteiger partial charge in [0.05, 0.1) is 19.8 Å². The molecule has 0 aliphatic carbocycles. The average molecular weight is 472 g/mol. The number of allylic oxidation sites excluding steroid dienone is 1. The molecule has 0 aromatic carbocycles. The predicted molar refractivity (Wildman–Crippen MR) is 123 cm³/mol. The Hall–Kier alpha value is -2.42. The standard InChI is InChI=1S/C24H41NO8/c1-5-9-13-14-15-23(20(28)31-16-10-6-2,21(29)32-17-11-7-3)24(25,19(26)27)22(30)33-18-12-8-4/h5H,1,6-18,25H2,2-4H3,(H,26,27). The lowest BCUT2D eigenvalue weighted by Crippen LogP contribution is -2.72. The van der Waals surface area contributed by atoms with Crippen LogP contribution in [-0.2, 0) is 33.4 Å². The molecule has 0 aromatic heterocycles. The third kappa shape index (κ3) is 8.14. The second kappa shape index (κ2) is 16.2. The van der Waals surface area contributed by atoms with Crippen LogP contribution < -0.4 is 5.73 Å². The molecule has 0 amide bonds. The molecule has 0 aromatic rings. The minimum atomic E-state index is -3.01. The molecule has 0 saturated carbocycles. The van der Waals surface area contributed by atoms with E-state index in [9.17, 15) is 24.3 Å². The van der Waals surface area contributed by atoms with Crippen molar-refractivity contribution in [2.24, 2.45) is 11.1 Å². The molecule has 3 N–H and O–H groups in total. The van der Waals surface area contributed by atoms with Crippen LogP contribution in [0.4, 0.5) is 0 Å². The molecule has 0 spiro atoms. The third-order valence-electron chi connectivity index (χ3n) is 5.43. The first-order valence-electron chi connectivity index (χ1n) is 11.8. The highest BCUT2D eigenvalue weighted by atomic mass is 16.6. The molecule has 1 unspecified atom stereocenters. The van der Waals surface area contributed by atoms with Crippen molar-refractivity contribution in [3.05, 3.63) is 12.7 Å². The van der Waals surface area contributed by atoms with Gasteiger partial charge in [-0.1, -0.05) is 52.5 Å². The molecule has 9 nitrogen and oxygen atoms in total. The maximum Gasteiger partial charge on any atom is 0.339 e. The second-order valence-electron chi connectivity index (χ2n) is 8.02. The largest absolute Gasteiger partial charge is 0.479 e. The maximum atomic E-state index is 13.4. The van der Waals surface area contributed by atoms with Crippen LogP contribution in [0.5, 0.6) is 0 Å². The first-order chi connectivity index (χ1) is 15.7. The monoisotopic (exact) mass is 471 g/mol. The number of carboxylic acid groups (broad SMARTS) is 1. The van der Waals surface area contributed by atoms with Crippen molar-refractivity contribution in [2.75, 3.05) is 19.8 Å². The lowest BCUT2D eigenvalue weighted by atomic mass is 9.66. The summed E-state index contributed by atoms with van der Waals surface area (Å²) in [4.78, 5) is 52.2. The maximum absolute atomic E-state index is 13.4. The van der Waals surface area contributed by atoms with Crippen LogP contribution >= 0.6 is 0 Å². The molecule has 9 heteroatoms. The average Bonchev–Trinajstić information content (AvgIpc) is 2.78. The van der Waals surface area contributed by atoms with Crippen LogP contribution in [-0.4, -0.2) is 54.3 Å². The highest BCUT2D eigenvalue weighted by Gasteiger charge is 2.71. The number of nitrogens with two attached hydrogens (primary N) is 1. The van der Waals surface area contributed by atoms with E-state index >= 15 is 0 Å². The molecule has 0 aliphatic heterocycles. The Balaban J connectivity index is 6.53. The first-order valence-corrected chi connectivity index (χ1v) is 11.8. The van der Waals surface area contributed by atoms with E-state index in [4.69, 9.17) is 19.9 Å². The topological polar surface area (TPSA) is 142 Å². The smallest absolute Gasteiger partial charge is 0.339 e. The van der Waals surface area contributed by atoms with Gasteiger partial charge < -0.3 is 25.1 Å². The van der Waals surface area contributed by atoms with E-state index in [2.05, 4.69) is 6.58 Å². The van der Waals surface area contributed by atoms with E-state index < -0.39 is 34.8 Å². The van der Waals surface area contributed by atoms with Crippen molar-refractivity contribution >= 4 is 23.9 Å². The lowest BCUT2D eigenvalue weighted by Gasteiger charge is -2.39. The number of carboxylic acids is 1. The molecule has 0 fully saturated rings. The van der Waals surface area contributed by atoms with E-state index in [1.54, 1.807) is 6.08 Å². The summed E-state index contributed by atoms with van der Waals surface area (Å²) in [5.41, 5.74) is 0.570. The molecule has 0 aliphatic rings. The van der Waals surface area contributed by atoms with Gasteiger partial charge in [-0.2, -0.15) is 0 Å². The number of esters is 3. The Morgan fingerprint density at radius 2 is 1.21 bits per heavy atom. The molecule has 0 bridgehead atoms. The summed E-state index contributed by atoms with van der Waals surface area (Å²) >= 11 is 0. The zero-order valence-electron chi connectivity index (χ0n) is 20.4. The van der Waals surface area contributed by atoms with Gasteiger partial charge in [-0.25, -0.2) is 9.59 Å². The van der Waals surface area contributed by atoms with Gasteiger partial charge >= 0.3 is 23.9 Å². The van der Waals surface area contributed by atoms with Gasteiger partial charge in [0.15, 0.2) is 0 Å². The van der Waals surface area contributed by atoms with Gasteiger partial charge in [-0.15, -0.1) is 6.58 Å². The Bertz CT molecular complexity index is 626. The van der Waals surface area contributed by atoms with Crippen molar-refractivity contribution in [1.82, 2.24) is 0 Å². The van der Waals surface area contributed by atoms with E-state index in [-0.39, 0.29) is 32.7 Å². The molecule has 1 atom stereocenters. The van der Waals surface area contributed by atoms with Crippen LogP contribution in [0.2, 0.25) is 0 Å².